The lowest BCUT2D eigenvalue weighted by Crippen LogP contribution is -2.26. The second-order valence-electron chi connectivity index (χ2n) is 5.29. The van der Waals surface area contributed by atoms with Crippen molar-refractivity contribution in [3.05, 3.63) is 65.7 Å². The van der Waals surface area contributed by atoms with E-state index in [1.807, 2.05) is 42.5 Å². The summed E-state index contributed by atoms with van der Waals surface area (Å²) in [7, 11) is 0. The molecule has 0 radical (unpaired) electrons. The van der Waals surface area contributed by atoms with E-state index < -0.39 is 17.9 Å². The highest BCUT2D eigenvalue weighted by atomic mass is 16.2. The highest BCUT2D eigenvalue weighted by Crippen LogP contribution is 2.31. The van der Waals surface area contributed by atoms with Crippen LogP contribution < -0.4 is 11.1 Å². The van der Waals surface area contributed by atoms with Gasteiger partial charge in [0.15, 0.2) is 0 Å². The molecule has 5 nitrogen and oxygen atoms in total. The summed E-state index contributed by atoms with van der Waals surface area (Å²) in [5.41, 5.74) is 8.10. The molecule has 2 unspecified atom stereocenters. The number of hydrogen-bond donors (Lipinski definition) is 4. The number of hydrogen-bond acceptors (Lipinski definition) is 4. The van der Waals surface area contributed by atoms with Crippen LogP contribution in [0, 0.1) is 16.7 Å². The van der Waals surface area contributed by atoms with Crippen LogP contribution in [-0.2, 0) is 4.79 Å². The molecule has 5 N–H and O–H groups in total. The summed E-state index contributed by atoms with van der Waals surface area (Å²) < 4.78 is 0. The van der Waals surface area contributed by atoms with Crippen LogP contribution in [0.4, 0.5) is 5.69 Å². The number of amides is 1. The lowest BCUT2D eigenvalue weighted by atomic mass is 9.85. The molecule has 2 atom stereocenters. The molecule has 1 aliphatic heterocycles. The fourth-order valence-electron chi connectivity index (χ4n) is 2.75. The summed E-state index contributed by atoms with van der Waals surface area (Å²) >= 11 is 0. The van der Waals surface area contributed by atoms with Crippen molar-refractivity contribution in [2.75, 3.05) is 5.73 Å². The number of anilines is 1. The zero-order valence-electron chi connectivity index (χ0n) is 11.8. The van der Waals surface area contributed by atoms with Crippen molar-refractivity contribution in [3.8, 4) is 0 Å². The average Bonchev–Trinajstić information content (AvgIpc) is 2.83. The minimum atomic E-state index is -0.614. The Bertz CT molecular complexity index is 754. The SMILES string of the molecule is N=C1C(=O)NC(c2cccc(N)c2)C1C(=N)c1ccccc1. The van der Waals surface area contributed by atoms with Gasteiger partial charge in [-0.2, -0.15) is 0 Å². The zero-order valence-corrected chi connectivity index (χ0v) is 11.8. The van der Waals surface area contributed by atoms with Gasteiger partial charge in [-0.25, -0.2) is 0 Å². The zero-order chi connectivity index (χ0) is 15.7. The quantitative estimate of drug-likeness (QED) is 0.514. The van der Waals surface area contributed by atoms with Gasteiger partial charge in [0.2, 0.25) is 0 Å². The highest BCUT2D eigenvalue weighted by Gasteiger charge is 2.41. The van der Waals surface area contributed by atoms with Gasteiger partial charge in [-0.05, 0) is 23.3 Å². The van der Waals surface area contributed by atoms with E-state index in [0.717, 1.165) is 5.56 Å². The molecule has 1 saturated heterocycles. The van der Waals surface area contributed by atoms with Crippen LogP contribution in [0.25, 0.3) is 0 Å². The van der Waals surface area contributed by atoms with Crippen molar-refractivity contribution in [3.63, 3.8) is 0 Å². The maximum atomic E-state index is 11.9. The molecule has 0 bridgehead atoms. The van der Waals surface area contributed by atoms with Gasteiger partial charge in [-0.1, -0.05) is 42.5 Å². The monoisotopic (exact) mass is 292 g/mol. The lowest BCUT2D eigenvalue weighted by Gasteiger charge is -2.20. The van der Waals surface area contributed by atoms with Gasteiger partial charge in [-0.3, -0.25) is 10.2 Å². The maximum Gasteiger partial charge on any atom is 0.266 e. The molecule has 110 valence electrons. The Morgan fingerprint density at radius 3 is 2.50 bits per heavy atom. The Hall–Kier alpha value is -2.95. The number of benzene rings is 2. The van der Waals surface area contributed by atoms with Crippen LogP contribution in [0.1, 0.15) is 17.2 Å². The molecule has 1 amide bonds. The fraction of sp³-hybridized carbons (Fsp3) is 0.118. The van der Waals surface area contributed by atoms with Crippen LogP contribution in [0.3, 0.4) is 0 Å². The van der Waals surface area contributed by atoms with Crippen LogP contribution in [-0.4, -0.2) is 17.3 Å². The van der Waals surface area contributed by atoms with Crippen molar-refractivity contribution in [1.29, 1.82) is 10.8 Å². The number of nitrogen functional groups attached to an aromatic ring is 1. The third-order valence-electron chi connectivity index (χ3n) is 3.84. The maximum absolute atomic E-state index is 11.9. The lowest BCUT2D eigenvalue weighted by molar-refractivity contribution is -0.114. The first-order valence-corrected chi connectivity index (χ1v) is 6.96. The smallest absolute Gasteiger partial charge is 0.266 e. The molecule has 3 rings (SSSR count). The Labute approximate surface area is 128 Å². The Balaban J connectivity index is 2.01. The normalized spacial score (nSPS) is 20.7. The number of nitrogens with two attached hydrogens (primary N) is 1. The Kier molecular flexibility index (Phi) is 3.47. The van der Waals surface area contributed by atoms with Gasteiger partial charge >= 0.3 is 0 Å². The molecule has 2 aromatic rings. The first kappa shape index (κ1) is 14.0. The molecule has 0 aliphatic carbocycles. The molecule has 1 heterocycles. The van der Waals surface area contributed by atoms with Gasteiger partial charge in [0, 0.05) is 5.69 Å². The van der Waals surface area contributed by atoms with E-state index in [0.29, 0.717) is 11.3 Å². The molecule has 0 aromatic heterocycles. The minimum Gasteiger partial charge on any atom is -0.399 e. The number of nitrogens with one attached hydrogen (secondary N) is 3. The molecule has 0 saturated carbocycles. The molecule has 1 fully saturated rings. The van der Waals surface area contributed by atoms with Crippen LogP contribution in [0.15, 0.2) is 54.6 Å². The summed E-state index contributed by atoms with van der Waals surface area (Å²) in [6.07, 6.45) is 0. The van der Waals surface area contributed by atoms with E-state index >= 15 is 0 Å². The number of carbonyl (C=O) groups excluding carboxylic acids is 1. The summed E-state index contributed by atoms with van der Waals surface area (Å²) in [5.74, 6) is -1.05. The minimum absolute atomic E-state index is 0.0822. The van der Waals surface area contributed by atoms with Crippen molar-refractivity contribution in [2.24, 2.45) is 5.92 Å². The van der Waals surface area contributed by atoms with Gasteiger partial charge in [0.1, 0.15) is 5.71 Å². The molecular weight excluding hydrogens is 276 g/mol. The topological polar surface area (TPSA) is 103 Å². The summed E-state index contributed by atoms with van der Waals surface area (Å²) in [6.45, 7) is 0. The van der Waals surface area contributed by atoms with Gasteiger partial charge in [0.25, 0.3) is 5.91 Å². The second-order valence-corrected chi connectivity index (χ2v) is 5.29. The highest BCUT2D eigenvalue weighted by molar-refractivity contribution is 6.45. The molecule has 5 heteroatoms. The second kappa shape index (κ2) is 5.44. The Morgan fingerprint density at radius 2 is 1.82 bits per heavy atom. The third-order valence-corrected chi connectivity index (χ3v) is 3.84. The first-order valence-electron chi connectivity index (χ1n) is 6.96. The van der Waals surface area contributed by atoms with Crippen LogP contribution in [0.2, 0.25) is 0 Å². The molecule has 2 aromatic carbocycles. The molecule has 22 heavy (non-hydrogen) atoms. The number of carbonyl (C=O) groups is 1. The van der Waals surface area contributed by atoms with E-state index in [9.17, 15) is 4.79 Å². The predicted molar refractivity (Wildman–Crippen MR) is 86.2 cm³/mol. The molecule has 0 spiro atoms. The van der Waals surface area contributed by atoms with Crippen molar-refractivity contribution in [1.82, 2.24) is 5.32 Å². The van der Waals surface area contributed by atoms with Gasteiger partial charge in [-0.15, -0.1) is 0 Å². The number of rotatable bonds is 3. The standard InChI is InChI=1S/C17H16N4O/c18-12-8-4-7-11(9-12)16-13(15(20)17(22)21-16)14(19)10-5-2-1-3-6-10/h1-9,13,16,19-20H,18H2,(H,21,22). The summed E-state index contributed by atoms with van der Waals surface area (Å²) in [4.78, 5) is 11.9. The summed E-state index contributed by atoms with van der Waals surface area (Å²) in [5, 5.41) is 19.2. The van der Waals surface area contributed by atoms with Gasteiger partial charge < -0.3 is 16.5 Å². The molecular formula is C17H16N4O. The average molecular weight is 292 g/mol. The van der Waals surface area contributed by atoms with Crippen molar-refractivity contribution in [2.45, 2.75) is 6.04 Å². The van der Waals surface area contributed by atoms with Crippen molar-refractivity contribution >= 4 is 23.0 Å². The van der Waals surface area contributed by atoms with E-state index in [4.69, 9.17) is 16.6 Å². The van der Waals surface area contributed by atoms with Crippen molar-refractivity contribution < 1.29 is 4.79 Å². The fourth-order valence-corrected chi connectivity index (χ4v) is 2.75. The Morgan fingerprint density at radius 1 is 1.09 bits per heavy atom. The van der Waals surface area contributed by atoms with E-state index in [1.165, 1.54) is 0 Å². The third kappa shape index (κ3) is 2.37. The largest absolute Gasteiger partial charge is 0.399 e. The van der Waals surface area contributed by atoms with E-state index in [2.05, 4.69) is 5.32 Å². The van der Waals surface area contributed by atoms with Gasteiger partial charge in [0.05, 0.1) is 17.7 Å². The molecule has 1 aliphatic rings. The first-order chi connectivity index (χ1) is 10.6. The summed E-state index contributed by atoms with van der Waals surface area (Å²) in [6, 6.07) is 15.9. The van der Waals surface area contributed by atoms with E-state index in [1.54, 1.807) is 12.1 Å². The predicted octanol–water partition coefficient (Wildman–Crippen LogP) is 2.14. The van der Waals surface area contributed by atoms with Crippen LogP contribution in [0.5, 0.6) is 0 Å². The van der Waals surface area contributed by atoms with Crippen LogP contribution >= 0.6 is 0 Å². The van der Waals surface area contributed by atoms with E-state index in [-0.39, 0.29) is 11.4 Å².